The van der Waals surface area contributed by atoms with Gasteiger partial charge in [0.05, 0.1) is 6.04 Å². The summed E-state index contributed by atoms with van der Waals surface area (Å²) in [7, 11) is 0. The van der Waals surface area contributed by atoms with Crippen LogP contribution in [0.4, 0.5) is 0 Å². The van der Waals surface area contributed by atoms with Crippen molar-refractivity contribution in [1.29, 1.82) is 0 Å². The largest absolute Gasteiger partial charge is 0.320 e. The molecule has 0 fully saturated rings. The Morgan fingerprint density at radius 1 is 1.00 bits per heavy atom. The number of benzene rings is 1. The van der Waals surface area contributed by atoms with Gasteiger partial charge < -0.3 is 5.73 Å². The second-order valence-electron chi connectivity index (χ2n) is 4.52. The van der Waals surface area contributed by atoms with Gasteiger partial charge in [-0.1, -0.05) is 18.2 Å². The van der Waals surface area contributed by atoms with Gasteiger partial charge in [0.15, 0.2) is 0 Å². The summed E-state index contributed by atoms with van der Waals surface area (Å²) in [6.45, 7) is 6.28. The molecule has 88 valence electrons. The Labute approximate surface area is 103 Å². The average Bonchev–Trinajstić information content (AvgIpc) is 2.29. The van der Waals surface area contributed by atoms with Crippen molar-refractivity contribution < 1.29 is 0 Å². The van der Waals surface area contributed by atoms with Gasteiger partial charge in [0.25, 0.3) is 0 Å². The molecule has 0 radical (unpaired) electrons. The molecule has 17 heavy (non-hydrogen) atoms. The smallest absolute Gasteiger partial charge is 0.0574 e. The number of nitrogens with two attached hydrogens (primary N) is 1. The van der Waals surface area contributed by atoms with Crippen LogP contribution in [0.1, 0.15) is 33.9 Å². The summed E-state index contributed by atoms with van der Waals surface area (Å²) in [6, 6.07) is 8.19. The van der Waals surface area contributed by atoms with Crippen LogP contribution in [0.15, 0.2) is 36.7 Å². The van der Waals surface area contributed by atoms with Gasteiger partial charge in [-0.15, -0.1) is 0 Å². The molecular weight excluding hydrogens is 208 g/mol. The fraction of sp³-hybridized carbons (Fsp3) is 0.267. The topological polar surface area (TPSA) is 38.9 Å². The SMILES string of the molecule is Cc1ccncc1C(N)c1c(C)cccc1C. The molecule has 2 nitrogen and oxygen atoms in total. The van der Waals surface area contributed by atoms with Crippen LogP contribution in [-0.2, 0) is 0 Å². The number of hydrogen-bond acceptors (Lipinski definition) is 2. The molecule has 0 bridgehead atoms. The number of aromatic nitrogens is 1. The molecule has 0 amide bonds. The third-order valence-corrected chi connectivity index (χ3v) is 3.27. The summed E-state index contributed by atoms with van der Waals surface area (Å²) in [5.41, 5.74) is 12.4. The van der Waals surface area contributed by atoms with E-state index in [9.17, 15) is 0 Å². The molecule has 1 heterocycles. The molecule has 1 unspecified atom stereocenters. The van der Waals surface area contributed by atoms with Crippen LogP contribution in [0, 0.1) is 20.8 Å². The van der Waals surface area contributed by atoms with Crippen molar-refractivity contribution in [3.8, 4) is 0 Å². The Morgan fingerprint density at radius 3 is 2.24 bits per heavy atom. The third-order valence-electron chi connectivity index (χ3n) is 3.27. The van der Waals surface area contributed by atoms with E-state index in [1.807, 2.05) is 12.3 Å². The Kier molecular flexibility index (Phi) is 3.25. The lowest BCUT2D eigenvalue weighted by Gasteiger charge is -2.19. The maximum absolute atomic E-state index is 6.38. The molecule has 0 saturated heterocycles. The highest BCUT2D eigenvalue weighted by Gasteiger charge is 2.15. The van der Waals surface area contributed by atoms with Gasteiger partial charge in [-0.25, -0.2) is 0 Å². The van der Waals surface area contributed by atoms with Gasteiger partial charge in [0, 0.05) is 12.4 Å². The number of pyridine rings is 1. The number of hydrogen-bond donors (Lipinski definition) is 1. The standard InChI is InChI=1S/C15H18N2/c1-10-7-8-17-9-13(10)15(16)14-11(2)5-4-6-12(14)3/h4-9,15H,16H2,1-3H3. The van der Waals surface area contributed by atoms with E-state index in [1.54, 1.807) is 6.20 Å². The molecule has 2 rings (SSSR count). The summed E-state index contributed by atoms with van der Waals surface area (Å²) in [4.78, 5) is 4.17. The lowest BCUT2D eigenvalue weighted by atomic mass is 9.91. The van der Waals surface area contributed by atoms with Crippen molar-refractivity contribution in [3.63, 3.8) is 0 Å². The minimum atomic E-state index is -0.0927. The van der Waals surface area contributed by atoms with E-state index in [-0.39, 0.29) is 6.04 Å². The van der Waals surface area contributed by atoms with E-state index in [4.69, 9.17) is 5.73 Å². The lowest BCUT2D eigenvalue weighted by molar-refractivity contribution is 0.835. The van der Waals surface area contributed by atoms with Crippen LogP contribution in [-0.4, -0.2) is 4.98 Å². The highest BCUT2D eigenvalue weighted by atomic mass is 14.7. The number of aryl methyl sites for hydroxylation is 3. The van der Waals surface area contributed by atoms with Gasteiger partial charge in [0.2, 0.25) is 0 Å². The maximum Gasteiger partial charge on any atom is 0.0574 e. The predicted molar refractivity (Wildman–Crippen MR) is 70.9 cm³/mol. The summed E-state index contributed by atoms with van der Waals surface area (Å²) in [5, 5.41) is 0. The van der Waals surface area contributed by atoms with E-state index < -0.39 is 0 Å². The fourth-order valence-corrected chi connectivity index (χ4v) is 2.28. The Morgan fingerprint density at radius 2 is 1.65 bits per heavy atom. The monoisotopic (exact) mass is 226 g/mol. The van der Waals surface area contributed by atoms with E-state index in [1.165, 1.54) is 22.3 Å². The Balaban J connectivity index is 2.51. The van der Waals surface area contributed by atoms with Crippen LogP contribution in [0.5, 0.6) is 0 Å². The fourth-order valence-electron chi connectivity index (χ4n) is 2.28. The minimum absolute atomic E-state index is 0.0927. The van der Waals surface area contributed by atoms with E-state index in [0.29, 0.717) is 0 Å². The molecule has 0 aliphatic heterocycles. The van der Waals surface area contributed by atoms with Gasteiger partial charge in [-0.05, 0) is 54.7 Å². The predicted octanol–water partition coefficient (Wildman–Crippen LogP) is 3.05. The van der Waals surface area contributed by atoms with Crippen LogP contribution in [0.25, 0.3) is 0 Å². The lowest BCUT2D eigenvalue weighted by Crippen LogP contribution is -2.16. The average molecular weight is 226 g/mol. The van der Waals surface area contributed by atoms with E-state index in [2.05, 4.69) is 44.0 Å². The Hall–Kier alpha value is -1.67. The maximum atomic E-state index is 6.38. The minimum Gasteiger partial charge on any atom is -0.320 e. The molecule has 2 aromatic rings. The second-order valence-corrected chi connectivity index (χ2v) is 4.52. The molecule has 2 N–H and O–H groups in total. The summed E-state index contributed by atoms with van der Waals surface area (Å²) in [6.07, 6.45) is 3.67. The van der Waals surface area contributed by atoms with Gasteiger partial charge in [-0.2, -0.15) is 0 Å². The van der Waals surface area contributed by atoms with Gasteiger partial charge in [-0.3, -0.25) is 4.98 Å². The molecule has 1 aromatic carbocycles. The van der Waals surface area contributed by atoms with Crippen molar-refractivity contribution in [2.24, 2.45) is 5.73 Å². The molecule has 1 aromatic heterocycles. The third kappa shape index (κ3) is 2.22. The molecule has 2 heteroatoms. The van der Waals surface area contributed by atoms with Crippen LogP contribution in [0.2, 0.25) is 0 Å². The van der Waals surface area contributed by atoms with Crippen molar-refractivity contribution in [2.75, 3.05) is 0 Å². The molecule has 0 spiro atoms. The van der Waals surface area contributed by atoms with Gasteiger partial charge >= 0.3 is 0 Å². The zero-order valence-electron chi connectivity index (χ0n) is 10.6. The molecule has 1 atom stereocenters. The van der Waals surface area contributed by atoms with Crippen molar-refractivity contribution in [3.05, 3.63) is 64.5 Å². The van der Waals surface area contributed by atoms with Crippen LogP contribution >= 0.6 is 0 Å². The summed E-state index contributed by atoms with van der Waals surface area (Å²) >= 11 is 0. The van der Waals surface area contributed by atoms with Crippen LogP contribution < -0.4 is 5.73 Å². The van der Waals surface area contributed by atoms with Crippen LogP contribution in [0.3, 0.4) is 0 Å². The zero-order valence-corrected chi connectivity index (χ0v) is 10.6. The molecular formula is C15H18N2. The molecule has 0 saturated carbocycles. The highest BCUT2D eigenvalue weighted by molar-refractivity contribution is 5.42. The Bertz CT molecular complexity index is 512. The summed E-state index contributed by atoms with van der Waals surface area (Å²) in [5.74, 6) is 0. The zero-order chi connectivity index (χ0) is 12.4. The first-order chi connectivity index (χ1) is 8.11. The normalized spacial score (nSPS) is 12.5. The van der Waals surface area contributed by atoms with Crippen molar-refractivity contribution in [1.82, 2.24) is 4.98 Å². The first kappa shape index (κ1) is 11.8. The van der Waals surface area contributed by atoms with E-state index >= 15 is 0 Å². The van der Waals surface area contributed by atoms with Crippen molar-refractivity contribution in [2.45, 2.75) is 26.8 Å². The quantitative estimate of drug-likeness (QED) is 0.854. The summed E-state index contributed by atoms with van der Waals surface area (Å²) < 4.78 is 0. The first-order valence-corrected chi connectivity index (χ1v) is 5.83. The first-order valence-electron chi connectivity index (χ1n) is 5.83. The molecule has 0 aliphatic rings. The number of nitrogens with zero attached hydrogens (tertiary/aromatic N) is 1. The van der Waals surface area contributed by atoms with Crippen molar-refractivity contribution >= 4 is 0 Å². The second kappa shape index (κ2) is 4.68. The van der Waals surface area contributed by atoms with Gasteiger partial charge in [0.1, 0.15) is 0 Å². The number of rotatable bonds is 2. The molecule has 0 aliphatic carbocycles. The highest BCUT2D eigenvalue weighted by Crippen LogP contribution is 2.26. The van der Waals surface area contributed by atoms with E-state index in [0.717, 1.165) is 5.56 Å².